The minimum Gasteiger partial charge on any atom is -0.496 e. The van der Waals surface area contributed by atoms with E-state index in [4.69, 9.17) is 9.47 Å². The van der Waals surface area contributed by atoms with Crippen LogP contribution in [0.5, 0.6) is 11.5 Å². The molecule has 8 heteroatoms. The molecule has 2 heterocycles. The molecule has 7 nitrogen and oxygen atoms in total. The molecule has 0 spiro atoms. The van der Waals surface area contributed by atoms with Gasteiger partial charge in [0.15, 0.2) is 11.0 Å². The third-order valence-corrected chi connectivity index (χ3v) is 6.80. The molecule has 5 rings (SSSR count). The second-order valence-electron chi connectivity index (χ2n) is 7.82. The Labute approximate surface area is 202 Å². The second kappa shape index (κ2) is 9.61. The number of benzene rings is 3. The molecular weight excluding hydrogens is 448 g/mol. The van der Waals surface area contributed by atoms with Crippen molar-refractivity contribution in [2.24, 2.45) is 7.05 Å². The van der Waals surface area contributed by atoms with Crippen molar-refractivity contribution in [1.82, 2.24) is 14.8 Å². The van der Waals surface area contributed by atoms with Crippen LogP contribution in [0.3, 0.4) is 0 Å². The summed E-state index contributed by atoms with van der Waals surface area (Å²) in [6, 6.07) is 25.1. The third kappa shape index (κ3) is 4.12. The van der Waals surface area contributed by atoms with E-state index >= 15 is 0 Å². The molecule has 0 fully saturated rings. The Balaban J connectivity index is 1.40. The fourth-order valence-corrected chi connectivity index (χ4v) is 4.89. The van der Waals surface area contributed by atoms with E-state index in [1.54, 1.807) is 7.11 Å². The van der Waals surface area contributed by atoms with E-state index in [9.17, 15) is 4.79 Å². The van der Waals surface area contributed by atoms with Gasteiger partial charge in [0.1, 0.15) is 18.1 Å². The Hall–Kier alpha value is -3.78. The number of methoxy groups -OCH3 is 1. The first kappa shape index (κ1) is 22.0. The molecule has 1 atom stereocenters. The van der Waals surface area contributed by atoms with Crippen LogP contribution in [0.25, 0.3) is 11.4 Å². The Morgan fingerprint density at radius 1 is 1.03 bits per heavy atom. The van der Waals surface area contributed by atoms with Crippen molar-refractivity contribution in [2.45, 2.75) is 11.2 Å². The van der Waals surface area contributed by atoms with Crippen LogP contribution < -0.4 is 14.4 Å². The molecule has 4 aromatic rings. The fourth-order valence-electron chi connectivity index (χ4n) is 4.12. The van der Waals surface area contributed by atoms with E-state index in [0.29, 0.717) is 23.3 Å². The van der Waals surface area contributed by atoms with Crippen LogP contribution in [0.1, 0.15) is 11.6 Å². The Morgan fingerprint density at radius 3 is 2.59 bits per heavy atom. The largest absolute Gasteiger partial charge is 0.496 e. The smallest absolute Gasteiger partial charge is 0.238 e. The zero-order valence-electron chi connectivity index (χ0n) is 18.9. The summed E-state index contributed by atoms with van der Waals surface area (Å²) >= 11 is 1.37. The molecule has 3 aromatic carbocycles. The Morgan fingerprint density at radius 2 is 1.76 bits per heavy atom. The summed E-state index contributed by atoms with van der Waals surface area (Å²) in [7, 11) is 3.53. The lowest BCUT2D eigenvalue weighted by atomic mass is 10.0. The first-order valence-electron chi connectivity index (χ1n) is 10.9. The maximum Gasteiger partial charge on any atom is 0.238 e. The van der Waals surface area contributed by atoms with Crippen LogP contribution in [0, 0.1) is 0 Å². The normalized spacial score (nSPS) is 14.9. The Bertz CT molecular complexity index is 1310. The number of nitrogens with zero attached hydrogens (tertiary/aromatic N) is 4. The highest BCUT2D eigenvalue weighted by atomic mass is 32.2. The van der Waals surface area contributed by atoms with Crippen LogP contribution in [0.15, 0.2) is 84.0 Å². The van der Waals surface area contributed by atoms with Crippen molar-refractivity contribution in [2.75, 3.05) is 24.4 Å². The number of amides is 1. The summed E-state index contributed by atoms with van der Waals surface area (Å²) in [5.74, 6) is 2.32. The number of hydrogen-bond donors (Lipinski definition) is 0. The predicted molar refractivity (Wildman–Crippen MR) is 132 cm³/mol. The first-order valence-corrected chi connectivity index (χ1v) is 11.9. The number of fused-ring (bicyclic) bond motifs is 1. The van der Waals surface area contributed by atoms with Gasteiger partial charge in [-0.2, -0.15) is 0 Å². The predicted octanol–water partition coefficient (Wildman–Crippen LogP) is 4.75. The Kier molecular flexibility index (Phi) is 6.22. The van der Waals surface area contributed by atoms with E-state index in [0.717, 1.165) is 22.6 Å². The molecule has 0 radical (unpaired) electrons. The first-order chi connectivity index (χ1) is 16.7. The number of carbonyl (C=O) groups excluding carboxylic acids is 1. The van der Waals surface area contributed by atoms with Gasteiger partial charge in [-0.3, -0.25) is 9.69 Å². The van der Waals surface area contributed by atoms with Gasteiger partial charge in [0.25, 0.3) is 0 Å². The minimum atomic E-state index is -0.201. The molecule has 1 aromatic heterocycles. The number of aromatic nitrogens is 3. The van der Waals surface area contributed by atoms with Crippen LogP contribution in [0.4, 0.5) is 5.69 Å². The summed E-state index contributed by atoms with van der Waals surface area (Å²) in [4.78, 5) is 15.4. The monoisotopic (exact) mass is 472 g/mol. The molecule has 1 aliphatic rings. The SMILES string of the molecule is COc1ccccc1-c1nnc(SCC(=O)N2c3ccccc3OC[C@H]2c2ccccc2)n1C. The molecule has 0 bridgehead atoms. The lowest BCUT2D eigenvalue weighted by molar-refractivity contribution is -0.117. The molecular formula is C26H24N4O3S. The number of anilines is 1. The van der Waals surface area contributed by atoms with E-state index in [2.05, 4.69) is 10.2 Å². The molecule has 0 unspecified atom stereocenters. The summed E-state index contributed by atoms with van der Waals surface area (Å²) in [5, 5.41) is 9.34. The molecule has 0 saturated heterocycles. The third-order valence-electron chi connectivity index (χ3n) is 5.79. The van der Waals surface area contributed by atoms with E-state index in [1.807, 2.05) is 95.4 Å². The maximum atomic E-state index is 13.6. The topological polar surface area (TPSA) is 69.5 Å². The van der Waals surface area contributed by atoms with Crippen molar-refractivity contribution in [3.63, 3.8) is 0 Å². The summed E-state index contributed by atoms with van der Waals surface area (Å²) < 4.78 is 13.3. The van der Waals surface area contributed by atoms with E-state index in [1.165, 1.54) is 11.8 Å². The van der Waals surface area contributed by atoms with Crippen molar-refractivity contribution in [3.8, 4) is 22.9 Å². The summed E-state index contributed by atoms with van der Waals surface area (Å²) in [5.41, 5.74) is 2.66. The van der Waals surface area contributed by atoms with Crippen molar-refractivity contribution >= 4 is 23.4 Å². The van der Waals surface area contributed by atoms with Gasteiger partial charge in [-0.15, -0.1) is 10.2 Å². The highest BCUT2D eigenvalue weighted by Crippen LogP contribution is 2.40. The number of carbonyl (C=O) groups is 1. The molecule has 34 heavy (non-hydrogen) atoms. The molecule has 0 N–H and O–H groups in total. The summed E-state index contributed by atoms with van der Waals surface area (Å²) in [6.45, 7) is 0.402. The van der Waals surface area contributed by atoms with Gasteiger partial charge in [-0.25, -0.2) is 0 Å². The average molecular weight is 473 g/mol. The van der Waals surface area contributed by atoms with Gasteiger partial charge >= 0.3 is 0 Å². The quantitative estimate of drug-likeness (QED) is 0.377. The van der Waals surface area contributed by atoms with Gasteiger partial charge in [-0.1, -0.05) is 66.4 Å². The zero-order valence-corrected chi connectivity index (χ0v) is 19.7. The highest BCUT2D eigenvalue weighted by molar-refractivity contribution is 7.99. The van der Waals surface area contributed by atoms with Crippen LogP contribution in [-0.4, -0.2) is 40.1 Å². The maximum absolute atomic E-state index is 13.6. The lowest BCUT2D eigenvalue weighted by Crippen LogP contribution is -2.42. The van der Waals surface area contributed by atoms with Gasteiger partial charge in [-0.05, 0) is 29.8 Å². The van der Waals surface area contributed by atoms with E-state index in [-0.39, 0.29) is 17.7 Å². The summed E-state index contributed by atoms with van der Waals surface area (Å²) in [6.07, 6.45) is 0. The lowest BCUT2D eigenvalue weighted by Gasteiger charge is -2.37. The number of para-hydroxylation sites is 3. The van der Waals surface area contributed by atoms with Gasteiger partial charge in [0.2, 0.25) is 5.91 Å². The number of rotatable bonds is 6. The zero-order chi connectivity index (χ0) is 23.5. The fraction of sp³-hybridized carbons (Fsp3) is 0.192. The van der Waals surface area contributed by atoms with E-state index < -0.39 is 0 Å². The van der Waals surface area contributed by atoms with Crippen LogP contribution in [0.2, 0.25) is 0 Å². The molecule has 0 aliphatic carbocycles. The molecule has 1 aliphatic heterocycles. The average Bonchev–Trinajstić information content (AvgIpc) is 3.26. The molecule has 1 amide bonds. The van der Waals surface area contributed by atoms with Crippen LogP contribution in [-0.2, 0) is 11.8 Å². The number of thioether (sulfide) groups is 1. The highest BCUT2D eigenvalue weighted by Gasteiger charge is 2.33. The number of ether oxygens (including phenoxy) is 2. The standard InChI is InChI=1S/C26H24N4O3S/c1-29-25(19-12-6-8-14-22(19)32-2)27-28-26(29)34-17-24(31)30-20-13-7-9-15-23(20)33-16-21(30)18-10-4-3-5-11-18/h3-15,21H,16-17H2,1-2H3/t21-/m0/s1. The van der Waals surface area contributed by atoms with Crippen molar-refractivity contribution < 1.29 is 14.3 Å². The minimum absolute atomic E-state index is 0.0172. The second-order valence-corrected chi connectivity index (χ2v) is 8.77. The van der Waals surface area contributed by atoms with Crippen molar-refractivity contribution in [1.29, 1.82) is 0 Å². The molecule has 172 valence electrons. The van der Waals surface area contributed by atoms with Gasteiger partial charge < -0.3 is 14.0 Å². The number of hydrogen-bond acceptors (Lipinski definition) is 6. The van der Waals surface area contributed by atoms with Crippen LogP contribution >= 0.6 is 11.8 Å². The van der Waals surface area contributed by atoms with Crippen molar-refractivity contribution in [3.05, 3.63) is 84.4 Å². The molecule has 0 saturated carbocycles. The van der Waals surface area contributed by atoms with Gasteiger partial charge in [0.05, 0.1) is 30.2 Å². The van der Waals surface area contributed by atoms with Gasteiger partial charge in [0, 0.05) is 7.05 Å².